The van der Waals surface area contributed by atoms with E-state index < -0.39 is 0 Å². The fraction of sp³-hybridized carbons (Fsp3) is 0.316. The van der Waals surface area contributed by atoms with E-state index in [9.17, 15) is 4.79 Å². The molecule has 0 saturated heterocycles. The second-order valence-corrected chi connectivity index (χ2v) is 6.24. The molecule has 0 saturated carbocycles. The van der Waals surface area contributed by atoms with Gasteiger partial charge >= 0.3 is 0 Å². The van der Waals surface area contributed by atoms with Gasteiger partial charge in [0.25, 0.3) is 0 Å². The number of aromatic nitrogens is 5. The van der Waals surface area contributed by atoms with Crippen molar-refractivity contribution in [3.05, 3.63) is 48.2 Å². The van der Waals surface area contributed by atoms with Crippen LogP contribution in [0.25, 0.3) is 11.4 Å². The third-order valence-corrected chi connectivity index (χ3v) is 4.16. The summed E-state index contributed by atoms with van der Waals surface area (Å²) in [5.74, 6) is 1.20. The second kappa shape index (κ2) is 9.05. The molecule has 0 fully saturated rings. The highest BCUT2D eigenvalue weighted by molar-refractivity contribution is 5.75. The van der Waals surface area contributed by atoms with Crippen molar-refractivity contribution in [2.75, 3.05) is 25.6 Å². The molecule has 0 aliphatic rings. The number of methoxy groups -OCH3 is 1. The Morgan fingerprint density at radius 2 is 2.00 bits per heavy atom. The second-order valence-electron chi connectivity index (χ2n) is 6.24. The van der Waals surface area contributed by atoms with E-state index in [2.05, 4.69) is 30.7 Å². The smallest absolute Gasteiger partial charge is 0.241 e. The summed E-state index contributed by atoms with van der Waals surface area (Å²) in [6.07, 6.45) is 6.84. The molecule has 0 radical (unpaired) electrons. The molecule has 2 N–H and O–H groups in total. The molecule has 146 valence electrons. The summed E-state index contributed by atoms with van der Waals surface area (Å²) in [5.41, 5.74) is 3.47. The number of pyridine rings is 1. The maximum atomic E-state index is 11.9. The number of hydrogen-bond donors (Lipinski definition) is 2. The van der Waals surface area contributed by atoms with Gasteiger partial charge in [0, 0.05) is 49.1 Å². The van der Waals surface area contributed by atoms with Gasteiger partial charge in [-0.2, -0.15) is 5.10 Å². The Balaban J connectivity index is 1.73. The zero-order valence-corrected chi connectivity index (χ0v) is 16.1. The first-order chi connectivity index (χ1) is 13.6. The van der Waals surface area contributed by atoms with Crippen LogP contribution in [-0.4, -0.2) is 50.9 Å². The lowest BCUT2D eigenvalue weighted by Crippen LogP contribution is -2.30. The largest absolute Gasteiger partial charge is 0.383 e. The van der Waals surface area contributed by atoms with Crippen molar-refractivity contribution in [2.24, 2.45) is 0 Å². The highest BCUT2D eigenvalue weighted by Gasteiger charge is 2.11. The lowest BCUT2D eigenvalue weighted by Gasteiger charge is -2.11. The number of rotatable bonds is 8. The minimum absolute atomic E-state index is 0.124. The predicted molar refractivity (Wildman–Crippen MR) is 105 cm³/mol. The molecule has 0 bridgehead atoms. The topological polar surface area (TPSA) is 107 Å². The minimum Gasteiger partial charge on any atom is -0.383 e. The summed E-state index contributed by atoms with van der Waals surface area (Å²) in [4.78, 5) is 25.1. The number of amides is 1. The Bertz CT molecular complexity index is 941. The van der Waals surface area contributed by atoms with Crippen molar-refractivity contribution < 1.29 is 9.53 Å². The van der Waals surface area contributed by atoms with Crippen molar-refractivity contribution >= 4 is 17.4 Å². The van der Waals surface area contributed by atoms with Gasteiger partial charge in [0.05, 0.1) is 18.5 Å². The van der Waals surface area contributed by atoms with Crippen molar-refractivity contribution in [1.29, 1.82) is 0 Å². The number of ether oxygens (including phenoxy) is 1. The van der Waals surface area contributed by atoms with Gasteiger partial charge in [-0.3, -0.25) is 14.5 Å². The van der Waals surface area contributed by atoms with E-state index in [0.717, 1.165) is 22.5 Å². The fourth-order valence-corrected chi connectivity index (χ4v) is 2.53. The van der Waals surface area contributed by atoms with Crippen LogP contribution in [0, 0.1) is 13.8 Å². The molecule has 1 amide bonds. The summed E-state index contributed by atoms with van der Waals surface area (Å²) >= 11 is 0. The molecule has 0 aliphatic heterocycles. The van der Waals surface area contributed by atoms with E-state index in [0.29, 0.717) is 24.8 Å². The summed E-state index contributed by atoms with van der Waals surface area (Å²) in [7, 11) is 1.59. The lowest BCUT2D eigenvalue weighted by atomic mass is 10.2. The Morgan fingerprint density at radius 1 is 1.21 bits per heavy atom. The quantitative estimate of drug-likeness (QED) is 0.574. The summed E-state index contributed by atoms with van der Waals surface area (Å²) < 4.78 is 6.48. The Labute approximate surface area is 163 Å². The Hall–Kier alpha value is -3.33. The van der Waals surface area contributed by atoms with E-state index in [1.807, 2.05) is 26.0 Å². The number of carbonyl (C=O) groups is 1. The van der Waals surface area contributed by atoms with E-state index in [-0.39, 0.29) is 12.5 Å². The van der Waals surface area contributed by atoms with Crippen LogP contribution in [0.1, 0.15) is 11.3 Å². The third kappa shape index (κ3) is 4.89. The van der Waals surface area contributed by atoms with Crippen LogP contribution < -0.4 is 10.6 Å². The Kier molecular flexibility index (Phi) is 6.28. The maximum absolute atomic E-state index is 11.9. The number of hydrogen-bond acceptors (Lipinski definition) is 7. The average Bonchev–Trinajstić information content (AvgIpc) is 3.13. The van der Waals surface area contributed by atoms with E-state index in [1.165, 1.54) is 0 Å². The van der Waals surface area contributed by atoms with Crippen LogP contribution in [0.4, 0.5) is 11.5 Å². The zero-order chi connectivity index (χ0) is 19.9. The van der Waals surface area contributed by atoms with Crippen LogP contribution >= 0.6 is 0 Å². The molecular formula is C19H23N7O2. The third-order valence-electron chi connectivity index (χ3n) is 4.16. The van der Waals surface area contributed by atoms with Gasteiger partial charge in [-0.05, 0) is 26.0 Å². The van der Waals surface area contributed by atoms with Crippen molar-refractivity contribution in [3.63, 3.8) is 0 Å². The van der Waals surface area contributed by atoms with Crippen LogP contribution in [0.3, 0.4) is 0 Å². The first-order valence-electron chi connectivity index (χ1n) is 8.87. The first kappa shape index (κ1) is 19.4. The molecule has 28 heavy (non-hydrogen) atoms. The number of aryl methyl sites for hydroxylation is 1. The van der Waals surface area contributed by atoms with Crippen LogP contribution in [0.5, 0.6) is 0 Å². The van der Waals surface area contributed by atoms with Gasteiger partial charge in [0.15, 0.2) is 5.82 Å². The van der Waals surface area contributed by atoms with E-state index >= 15 is 0 Å². The average molecular weight is 381 g/mol. The van der Waals surface area contributed by atoms with Gasteiger partial charge in [0.2, 0.25) is 5.91 Å². The molecule has 0 aliphatic carbocycles. The van der Waals surface area contributed by atoms with Gasteiger partial charge in [-0.15, -0.1) is 0 Å². The van der Waals surface area contributed by atoms with Gasteiger partial charge in [0.1, 0.15) is 12.4 Å². The van der Waals surface area contributed by atoms with E-state index in [4.69, 9.17) is 4.74 Å². The molecule has 3 rings (SSSR count). The minimum atomic E-state index is -0.124. The SMILES string of the molecule is COCCNC(=O)Cn1cc(Nc2nc(-c3ccncc3)nc(C)c2C)cn1. The van der Waals surface area contributed by atoms with Gasteiger partial charge < -0.3 is 15.4 Å². The fourth-order valence-electron chi connectivity index (χ4n) is 2.53. The number of nitrogens with one attached hydrogen (secondary N) is 2. The molecule has 0 atom stereocenters. The normalized spacial score (nSPS) is 10.7. The molecule has 3 heterocycles. The molecular weight excluding hydrogens is 358 g/mol. The number of nitrogens with zero attached hydrogens (tertiary/aromatic N) is 5. The monoisotopic (exact) mass is 381 g/mol. The lowest BCUT2D eigenvalue weighted by molar-refractivity contribution is -0.122. The van der Waals surface area contributed by atoms with Gasteiger partial charge in [-0.1, -0.05) is 0 Å². The molecule has 9 heteroatoms. The van der Waals surface area contributed by atoms with Crippen LogP contribution in [0.2, 0.25) is 0 Å². The molecule has 0 unspecified atom stereocenters. The molecule has 0 aromatic carbocycles. The zero-order valence-electron chi connectivity index (χ0n) is 16.1. The predicted octanol–water partition coefficient (Wildman–Crippen LogP) is 1.86. The van der Waals surface area contributed by atoms with Crippen LogP contribution in [0.15, 0.2) is 36.9 Å². The number of carbonyl (C=O) groups excluding carboxylic acids is 1. The number of anilines is 2. The summed E-state index contributed by atoms with van der Waals surface area (Å²) in [5, 5.41) is 10.3. The van der Waals surface area contributed by atoms with E-state index in [1.54, 1.807) is 36.6 Å². The maximum Gasteiger partial charge on any atom is 0.241 e. The van der Waals surface area contributed by atoms with Crippen LogP contribution in [-0.2, 0) is 16.1 Å². The molecule has 9 nitrogen and oxygen atoms in total. The van der Waals surface area contributed by atoms with Crippen molar-refractivity contribution in [2.45, 2.75) is 20.4 Å². The van der Waals surface area contributed by atoms with Crippen molar-refractivity contribution in [1.82, 2.24) is 30.0 Å². The molecule has 3 aromatic heterocycles. The first-order valence-corrected chi connectivity index (χ1v) is 8.87. The van der Waals surface area contributed by atoms with Gasteiger partial charge in [-0.25, -0.2) is 9.97 Å². The Morgan fingerprint density at radius 3 is 2.75 bits per heavy atom. The standard InChI is InChI=1S/C19H23N7O2/c1-13-14(2)23-19(15-4-6-20-7-5-15)25-18(13)24-16-10-22-26(11-16)12-17(27)21-8-9-28-3/h4-7,10-11H,8-9,12H2,1-3H3,(H,21,27)(H,23,24,25). The highest BCUT2D eigenvalue weighted by Crippen LogP contribution is 2.23. The highest BCUT2D eigenvalue weighted by atomic mass is 16.5. The summed E-state index contributed by atoms with van der Waals surface area (Å²) in [6.45, 7) is 4.99. The molecule has 0 spiro atoms. The summed E-state index contributed by atoms with van der Waals surface area (Å²) in [6, 6.07) is 3.74. The molecule has 3 aromatic rings. The van der Waals surface area contributed by atoms with Crippen molar-refractivity contribution in [3.8, 4) is 11.4 Å².